The number of hydrogen-bond donors (Lipinski definition) is 1. The number of carbonyl (C=O) groups is 1. The monoisotopic (exact) mass is 342 g/mol. The number of aromatic nitrogens is 2. The number of hydrogen-bond acceptors (Lipinski definition) is 6. The zero-order valence-electron chi connectivity index (χ0n) is 13.5. The number of β-amino-alcohol motifs (C(OH)–C–C–N with tert-alkyl or cyclic N) is 1. The predicted octanol–water partition coefficient (Wildman–Crippen LogP) is -0.637. The van der Waals surface area contributed by atoms with E-state index in [0.717, 1.165) is 4.31 Å². The minimum absolute atomic E-state index is 0.113. The molecule has 128 valence electrons. The Kier molecular flexibility index (Phi) is 5.33. The first-order valence-corrected chi connectivity index (χ1v) is 9.04. The van der Waals surface area contributed by atoms with Gasteiger partial charge < -0.3 is 10.0 Å². The van der Waals surface area contributed by atoms with Gasteiger partial charge in [0.1, 0.15) is 5.82 Å². The summed E-state index contributed by atoms with van der Waals surface area (Å²) in [4.78, 5) is 22.0. The summed E-state index contributed by atoms with van der Waals surface area (Å²) in [5, 5.41) is 10.1. The minimum Gasteiger partial charge on any atom is -0.391 e. The summed E-state index contributed by atoms with van der Waals surface area (Å²) >= 11 is 0. The maximum atomic E-state index is 12.4. The molecule has 1 aliphatic rings. The van der Waals surface area contributed by atoms with E-state index in [1.54, 1.807) is 0 Å². The smallest absolute Gasteiger partial charge is 0.257 e. The van der Waals surface area contributed by atoms with Gasteiger partial charge in [-0.3, -0.25) is 4.79 Å². The van der Waals surface area contributed by atoms with Crippen LogP contribution in [0.2, 0.25) is 0 Å². The SMILES string of the molecule is CCc1ncc(C(=O)N2C[C@@H](CS(=O)(=O)N(C)C)[C@H](O)C2)cn1. The Hall–Kier alpha value is -1.58. The fraction of sp³-hybridized carbons (Fsp3) is 0.643. The quantitative estimate of drug-likeness (QED) is 0.764. The van der Waals surface area contributed by atoms with Crippen LogP contribution in [0.3, 0.4) is 0 Å². The van der Waals surface area contributed by atoms with E-state index in [1.165, 1.54) is 31.4 Å². The van der Waals surface area contributed by atoms with Crippen LogP contribution in [0.1, 0.15) is 23.1 Å². The second-order valence-electron chi connectivity index (χ2n) is 5.84. The molecule has 9 heteroatoms. The summed E-state index contributed by atoms with van der Waals surface area (Å²) in [6, 6.07) is 0. The Morgan fingerprint density at radius 1 is 1.35 bits per heavy atom. The maximum Gasteiger partial charge on any atom is 0.257 e. The van der Waals surface area contributed by atoms with Gasteiger partial charge in [-0.05, 0) is 0 Å². The number of aliphatic hydroxyl groups is 1. The summed E-state index contributed by atoms with van der Waals surface area (Å²) in [6.07, 6.45) is 2.75. The molecule has 0 aromatic carbocycles. The number of aryl methyl sites for hydroxylation is 1. The van der Waals surface area contributed by atoms with Crippen molar-refractivity contribution in [3.8, 4) is 0 Å². The van der Waals surface area contributed by atoms with Crippen LogP contribution < -0.4 is 0 Å². The first-order chi connectivity index (χ1) is 10.7. The average Bonchev–Trinajstić information content (AvgIpc) is 2.87. The largest absolute Gasteiger partial charge is 0.391 e. The molecule has 1 amide bonds. The standard InChI is InChI=1S/C14H22N4O4S/c1-4-13-15-5-10(6-16-13)14(20)18-7-11(12(19)8-18)9-23(21,22)17(2)3/h5-6,11-12,19H,4,7-9H2,1-3H3/t11-,12+/m0/s1. The highest BCUT2D eigenvalue weighted by molar-refractivity contribution is 7.89. The molecule has 8 nitrogen and oxygen atoms in total. The van der Waals surface area contributed by atoms with E-state index in [2.05, 4.69) is 9.97 Å². The number of amides is 1. The molecule has 1 N–H and O–H groups in total. The van der Waals surface area contributed by atoms with Crippen LogP contribution in [0.15, 0.2) is 12.4 Å². The Bertz CT molecular complexity index is 660. The molecule has 1 fully saturated rings. The van der Waals surface area contributed by atoms with E-state index >= 15 is 0 Å². The second kappa shape index (κ2) is 6.90. The number of rotatable bonds is 5. The molecule has 0 unspecified atom stereocenters. The fourth-order valence-corrected chi connectivity index (χ4v) is 3.60. The third kappa shape index (κ3) is 4.04. The number of sulfonamides is 1. The lowest BCUT2D eigenvalue weighted by atomic mass is 10.1. The first-order valence-electron chi connectivity index (χ1n) is 7.43. The van der Waals surface area contributed by atoms with Crippen molar-refractivity contribution in [1.29, 1.82) is 0 Å². The first kappa shape index (κ1) is 17.8. The molecule has 2 atom stereocenters. The fourth-order valence-electron chi connectivity index (χ4n) is 2.43. The number of nitrogens with zero attached hydrogens (tertiary/aromatic N) is 4. The van der Waals surface area contributed by atoms with Crippen molar-refractivity contribution in [2.24, 2.45) is 5.92 Å². The van der Waals surface area contributed by atoms with E-state index in [4.69, 9.17) is 0 Å². The van der Waals surface area contributed by atoms with Crippen LogP contribution in [-0.4, -0.2) is 77.6 Å². The number of aliphatic hydroxyl groups excluding tert-OH is 1. The molecule has 1 aromatic rings. The van der Waals surface area contributed by atoms with Gasteiger partial charge in [-0.1, -0.05) is 6.92 Å². The zero-order valence-corrected chi connectivity index (χ0v) is 14.3. The van der Waals surface area contributed by atoms with Gasteiger partial charge in [-0.25, -0.2) is 22.7 Å². The number of likely N-dealkylation sites (tertiary alicyclic amines) is 1. The molecule has 2 rings (SSSR count). The Morgan fingerprint density at radius 2 is 1.96 bits per heavy atom. The molecule has 0 spiro atoms. The highest BCUT2D eigenvalue weighted by atomic mass is 32.2. The van der Waals surface area contributed by atoms with Gasteiger partial charge >= 0.3 is 0 Å². The lowest BCUT2D eigenvalue weighted by Crippen LogP contribution is -2.33. The molecule has 0 saturated carbocycles. The third-order valence-corrected chi connectivity index (χ3v) is 5.91. The van der Waals surface area contributed by atoms with Crippen LogP contribution in [0, 0.1) is 5.92 Å². The summed E-state index contributed by atoms with van der Waals surface area (Å²) in [5.74, 6) is -0.326. The van der Waals surface area contributed by atoms with Gasteiger partial charge in [-0.15, -0.1) is 0 Å². The van der Waals surface area contributed by atoms with E-state index in [1.807, 2.05) is 6.92 Å². The van der Waals surface area contributed by atoms with Crippen LogP contribution in [-0.2, 0) is 16.4 Å². The lowest BCUT2D eigenvalue weighted by Gasteiger charge is -2.18. The molecule has 0 radical (unpaired) electrons. The molecule has 0 bridgehead atoms. The van der Waals surface area contributed by atoms with Crippen LogP contribution in [0.5, 0.6) is 0 Å². The topological polar surface area (TPSA) is 104 Å². The van der Waals surface area contributed by atoms with Crippen LogP contribution >= 0.6 is 0 Å². The van der Waals surface area contributed by atoms with Crippen molar-refractivity contribution in [2.75, 3.05) is 32.9 Å². The molecular weight excluding hydrogens is 320 g/mol. The van der Waals surface area contributed by atoms with Crippen molar-refractivity contribution < 1.29 is 18.3 Å². The Labute approximate surface area is 136 Å². The summed E-state index contributed by atoms with van der Waals surface area (Å²) in [5.41, 5.74) is 0.338. The summed E-state index contributed by atoms with van der Waals surface area (Å²) in [6.45, 7) is 2.23. The average molecular weight is 342 g/mol. The van der Waals surface area contributed by atoms with Crippen molar-refractivity contribution >= 4 is 15.9 Å². The van der Waals surface area contributed by atoms with Crippen molar-refractivity contribution in [1.82, 2.24) is 19.2 Å². The van der Waals surface area contributed by atoms with E-state index in [0.29, 0.717) is 17.8 Å². The highest BCUT2D eigenvalue weighted by Crippen LogP contribution is 2.21. The van der Waals surface area contributed by atoms with E-state index in [9.17, 15) is 18.3 Å². The van der Waals surface area contributed by atoms with Gasteiger partial charge in [0.25, 0.3) is 5.91 Å². The van der Waals surface area contributed by atoms with Gasteiger partial charge in [0, 0.05) is 51.9 Å². The summed E-state index contributed by atoms with van der Waals surface area (Å²) < 4.78 is 25.0. The molecule has 23 heavy (non-hydrogen) atoms. The van der Waals surface area contributed by atoms with Crippen molar-refractivity contribution in [2.45, 2.75) is 19.4 Å². The van der Waals surface area contributed by atoms with Gasteiger partial charge in [0.15, 0.2) is 0 Å². The van der Waals surface area contributed by atoms with E-state index in [-0.39, 0.29) is 24.7 Å². The molecule has 2 heterocycles. The minimum atomic E-state index is -3.43. The molecule has 1 saturated heterocycles. The zero-order chi connectivity index (χ0) is 17.2. The maximum absolute atomic E-state index is 12.4. The van der Waals surface area contributed by atoms with Crippen molar-refractivity contribution in [3.05, 3.63) is 23.8 Å². The molecule has 0 aliphatic carbocycles. The molecule has 1 aromatic heterocycles. The third-order valence-electron chi connectivity index (χ3n) is 3.94. The van der Waals surface area contributed by atoms with Crippen LogP contribution in [0.4, 0.5) is 0 Å². The van der Waals surface area contributed by atoms with Gasteiger partial charge in [0.2, 0.25) is 10.0 Å². The van der Waals surface area contributed by atoms with Gasteiger partial charge in [-0.2, -0.15) is 0 Å². The van der Waals surface area contributed by atoms with E-state index < -0.39 is 22.0 Å². The lowest BCUT2D eigenvalue weighted by molar-refractivity contribution is 0.0764. The Morgan fingerprint density at radius 3 is 2.48 bits per heavy atom. The van der Waals surface area contributed by atoms with Crippen LogP contribution in [0.25, 0.3) is 0 Å². The molecule has 1 aliphatic heterocycles. The highest BCUT2D eigenvalue weighted by Gasteiger charge is 2.37. The Balaban J connectivity index is 2.06. The summed E-state index contributed by atoms with van der Waals surface area (Å²) in [7, 11) is -0.525. The van der Waals surface area contributed by atoms with Gasteiger partial charge in [0.05, 0.1) is 17.4 Å². The normalized spacial score (nSPS) is 21.9. The molecular formula is C14H22N4O4S. The predicted molar refractivity (Wildman–Crippen MR) is 84.3 cm³/mol. The number of carbonyl (C=O) groups excluding carboxylic acids is 1. The van der Waals surface area contributed by atoms with Crippen molar-refractivity contribution in [3.63, 3.8) is 0 Å². The second-order valence-corrected chi connectivity index (χ2v) is 8.07.